The molecule has 2 N–H and O–H groups in total. The van der Waals surface area contributed by atoms with Gasteiger partial charge in [0.1, 0.15) is 6.33 Å². The zero-order valence-electron chi connectivity index (χ0n) is 9.01. The van der Waals surface area contributed by atoms with Crippen LogP contribution in [0.1, 0.15) is 12.8 Å². The number of rotatable bonds is 1. The van der Waals surface area contributed by atoms with Crippen LogP contribution in [0.3, 0.4) is 0 Å². The first-order valence-electron chi connectivity index (χ1n) is 5.71. The lowest BCUT2D eigenvalue weighted by Crippen LogP contribution is -2.49. The fraction of sp³-hybridized carbons (Fsp3) is 0.636. The Bertz CT molecular complexity index is 383. The molecule has 4 nitrogen and oxygen atoms in total. The van der Waals surface area contributed by atoms with Gasteiger partial charge in [0.25, 0.3) is 0 Å². The molecule has 2 fully saturated rings. The first kappa shape index (κ1) is 9.96. The molecular weight excluding hydrogens is 207 g/mol. The zero-order valence-corrected chi connectivity index (χ0v) is 9.01. The molecule has 2 atom stereocenters. The number of aromatic nitrogens is 2. The number of nitrogens with two attached hydrogens (primary N) is 1. The van der Waals surface area contributed by atoms with Crippen molar-refractivity contribution in [2.45, 2.75) is 18.9 Å². The number of fused-ring (bicyclic) bond motifs is 2. The average Bonchev–Trinajstić information content (AvgIpc) is 2.53. The van der Waals surface area contributed by atoms with E-state index in [0.717, 1.165) is 25.9 Å². The molecule has 0 aromatic carbocycles. The van der Waals surface area contributed by atoms with Gasteiger partial charge in [0.05, 0.1) is 6.20 Å². The van der Waals surface area contributed by atoms with Gasteiger partial charge in [0.2, 0.25) is 0 Å². The van der Waals surface area contributed by atoms with Crippen LogP contribution in [0.25, 0.3) is 0 Å². The van der Waals surface area contributed by atoms with Crippen molar-refractivity contribution in [1.29, 1.82) is 0 Å². The Kier molecular flexibility index (Phi) is 2.28. The van der Waals surface area contributed by atoms with E-state index in [-0.39, 0.29) is 5.82 Å². The molecule has 1 aliphatic carbocycles. The van der Waals surface area contributed by atoms with Crippen LogP contribution in [0.2, 0.25) is 0 Å². The van der Waals surface area contributed by atoms with Crippen LogP contribution in [0, 0.1) is 17.7 Å². The summed E-state index contributed by atoms with van der Waals surface area (Å²) in [6, 6.07) is 0.293. The van der Waals surface area contributed by atoms with Gasteiger partial charge in [-0.1, -0.05) is 0 Å². The maximum absolute atomic E-state index is 13.5. The zero-order chi connectivity index (χ0) is 11.1. The molecule has 1 saturated heterocycles. The molecule has 0 radical (unpaired) electrons. The molecule has 2 bridgehead atoms. The maximum atomic E-state index is 13.5. The highest BCUT2D eigenvalue weighted by Crippen LogP contribution is 2.37. The monoisotopic (exact) mass is 222 g/mol. The van der Waals surface area contributed by atoms with Gasteiger partial charge in [-0.05, 0) is 24.7 Å². The summed E-state index contributed by atoms with van der Waals surface area (Å²) in [5.74, 6) is 1.08. The van der Waals surface area contributed by atoms with Gasteiger partial charge in [-0.3, -0.25) is 0 Å². The Morgan fingerprint density at radius 2 is 2.00 bits per heavy atom. The number of halogens is 1. The van der Waals surface area contributed by atoms with Crippen molar-refractivity contribution in [2.24, 2.45) is 17.6 Å². The standard InChI is InChI=1S/C11H15FN4/c12-9-3-14-6-15-11(9)16-4-7-1-2-8(5-16)10(7)13/h3,6-8,10H,1-2,4-5,13H2. The molecule has 1 aromatic heterocycles. The SMILES string of the molecule is NC1C2CCC1CN(c1ncncc1F)C2. The molecule has 0 amide bonds. The van der Waals surface area contributed by atoms with Gasteiger partial charge in [-0.2, -0.15) is 0 Å². The summed E-state index contributed by atoms with van der Waals surface area (Å²) in [6.07, 6.45) is 4.94. The molecule has 2 unspecified atom stereocenters. The van der Waals surface area contributed by atoms with E-state index < -0.39 is 0 Å². The molecule has 1 saturated carbocycles. The van der Waals surface area contributed by atoms with Gasteiger partial charge in [0, 0.05) is 19.1 Å². The van der Waals surface area contributed by atoms with Crippen molar-refractivity contribution in [2.75, 3.05) is 18.0 Å². The largest absolute Gasteiger partial charge is 0.353 e. The predicted molar refractivity (Wildman–Crippen MR) is 58.4 cm³/mol. The summed E-state index contributed by atoms with van der Waals surface area (Å²) < 4.78 is 13.5. The lowest BCUT2D eigenvalue weighted by atomic mass is 9.93. The lowest BCUT2D eigenvalue weighted by molar-refractivity contribution is 0.352. The number of piperidine rings is 1. The molecular formula is C11H15FN4. The summed E-state index contributed by atoms with van der Waals surface area (Å²) in [7, 11) is 0. The first-order valence-corrected chi connectivity index (χ1v) is 5.71. The van der Waals surface area contributed by atoms with E-state index in [1.807, 2.05) is 4.90 Å². The van der Waals surface area contributed by atoms with E-state index >= 15 is 0 Å². The van der Waals surface area contributed by atoms with Crippen molar-refractivity contribution < 1.29 is 4.39 Å². The van der Waals surface area contributed by atoms with Gasteiger partial charge < -0.3 is 10.6 Å². The smallest absolute Gasteiger partial charge is 0.183 e. The molecule has 1 aromatic rings. The minimum absolute atomic E-state index is 0.293. The van der Waals surface area contributed by atoms with Crippen molar-refractivity contribution >= 4 is 5.82 Å². The quantitative estimate of drug-likeness (QED) is 0.763. The van der Waals surface area contributed by atoms with Crippen molar-refractivity contribution in [3.8, 4) is 0 Å². The highest BCUT2D eigenvalue weighted by atomic mass is 19.1. The third kappa shape index (κ3) is 1.46. The predicted octanol–water partition coefficient (Wildman–Crippen LogP) is 0.789. The lowest BCUT2D eigenvalue weighted by Gasteiger charge is -2.36. The highest BCUT2D eigenvalue weighted by molar-refractivity contribution is 5.40. The summed E-state index contributed by atoms with van der Waals surface area (Å²) in [5, 5.41) is 0. The van der Waals surface area contributed by atoms with Gasteiger partial charge >= 0.3 is 0 Å². The second-order valence-corrected chi connectivity index (χ2v) is 4.77. The van der Waals surface area contributed by atoms with E-state index in [1.54, 1.807) is 0 Å². The third-order valence-electron chi connectivity index (χ3n) is 3.85. The summed E-state index contributed by atoms with van der Waals surface area (Å²) in [4.78, 5) is 9.71. The molecule has 0 spiro atoms. The highest BCUT2D eigenvalue weighted by Gasteiger charge is 2.40. The second-order valence-electron chi connectivity index (χ2n) is 4.77. The summed E-state index contributed by atoms with van der Waals surface area (Å²) >= 11 is 0. The van der Waals surface area contributed by atoms with Crippen molar-refractivity contribution in [1.82, 2.24) is 9.97 Å². The van der Waals surface area contributed by atoms with Crippen molar-refractivity contribution in [3.63, 3.8) is 0 Å². The van der Waals surface area contributed by atoms with E-state index in [9.17, 15) is 4.39 Å². The van der Waals surface area contributed by atoms with Crippen LogP contribution in [0.5, 0.6) is 0 Å². The molecule has 2 heterocycles. The van der Waals surface area contributed by atoms with Crippen LogP contribution < -0.4 is 10.6 Å². The Balaban J connectivity index is 1.86. The average molecular weight is 222 g/mol. The molecule has 86 valence electrons. The van der Waals surface area contributed by atoms with Crippen LogP contribution in [-0.4, -0.2) is 29.1 Å². The normalized spacial score (nSPS) is 33.1. The van der Waals surface area contributed by atoms with Crippen LogP contribution >= 0.6 is 0 Å². The van der Waals surface area contributed by atoms with E-state index in [1.165, 1.54) is 12.5 Å². The Hall–Kier alpha value is -1.23. The molecule has 16 heavy (non-hydrogen) atoms. The number of nitrogens with zero attached hydrogens (tertiary/aromatic N) is 3. The minimum atomic E-state index is -0.336. The second kappa shape index (κ2) is 3.66. The van der Waals surface area contributed by atoms with Gasteiger partial charge in [-0.15, -0.1) is 0 Å². The van der Waals surface area contributed by atoms with E-state index in [4.69, 9.17) is 5.73 Å². The minimum Gasteiger partial charge on any atom is -0.353 e. The van der Waals surface area contributed by atoms with Crippen molar-refractivity contribution in [3.05, 3.63) is 18.3 Å². The van der Waals surface area contributed by atoms with Gasteiger partial charge in [-0.25, -0.2) is 14.4 Å². The summed E-state index contributed by atoms with van der Waals surface area (Å²) in [6.45, 7) is 1.65. The Morgan fingerprint density at radius 3 is 2.62 bits per heavy atom. The topological polar surface area (TPSA) is 55.0 Å². The van der Waals surface area contributed by atoms with Gasteiger partial charge in [0.15, 0.2) is 11.6 Å². The first-order chi connectivity index (χ1) is 7.75. The van der Waals surface area contributed by atoms with Crippen LogP contribution in [0.4, 0.5) is 10.2 Å². The Labute approximate surface area is 93.7 Å². The van der Waals surface area contributed by atoms with Crippen LogP contribution in [-0.2, 0) is 0 Å². The molecule has 5 heteroatoms. The molecule has 2 aliphatic rings. The Morgan fingerprint density at radius 1 is 1.31 bits per heavy atom. The fourth-order valence-electron chi connectivity index (χ4n) is 2.98. The summed E-state index contributed by atoms with van der Waals surface area (Å²) in [5.41, 5.74) is 6.11. The number of hydrogen-bond donors (Lipinski definition) is 1. The van der Waals surface area contributed by atoms with E-state index in [2.05, 4.69) is 9.97 Å². The maximum Gasteiger partial charge on any atom is 0.183 e. The third-order valence-corrected chi connectivity index (χ3v) is 3.85. The number of hydrogen-bond acceptors (Lipinski definition) is 4. The fourth-order valence-corrected chi connectivity index (χ4v) is 2.98. The number of anilines is 1. The van der Waals surface area contributed by atoms with E-state index in [0.29, 0.717) is 23.7 Å². The molecule has 1 aliphatic heterocycles. The molecule has 3 rings (SSSR count). The van der Waals surface area contributed by atoms with Crippen LogP contribution in [0.15, 0.2) is 12.5 Å².